The van der Waals surface area contributed by atoms with Crippen molar-refractivity contribution in [1.82, 2.24) is 20.1 Å². The quantitative estimate of drug-likeness (QED) is 0.820. The Morgan fingerprint density at radius 2 is 2.31 bits per heavy atom. The number of nitrogens with one attached hydrogen (secondary N) is 1. The van der Waals surface area contributed by atoms with E-state index in [-0.39, 0.29) is 0 Å². The van der Waals surface area contributed by atoms with Gasteiger partial charge < -0.3 is 5.32 Å². The Kier molecular flexibility index (Phi) is 2.67. The van der Waals surface area contributed by atoms with E-state index in [0.29, 0.717) is 12.0 Å². The maximum absolute atomic E-state index is 4.71. The third-order valence-electron chi connectivity index (χ3n) is 3.78. The van der Waals surface area contributed by atoms with Crippen molar-refractivity contribution >= 4 is 0 Å². The van der Waals surface area contributed by atoms with Gasteiger partial charge in [-0.1, -0.05) is 6.92 Å². The van der Waals surface area contributed by atoms with Gasteiger partial charge in [-0.2, -0.15) is 5.10 Å². The standard InChI is InChI=1S/C12H20N4/c1-9-4-3-7-16-12(9)14-11(15-16)8-10-5-2-6-13-10/h9-10,13H,2-8H2,1H3. The van der Waals surface area contributed by atoms with Gasteiger partial charge >= 0.3 is 0 Å². The van der Waals surface area contributed by atoms with Gasteiger partial charge in [-0.05, 0) is 32.2 Å². The molecule has 1 aromatic heterocycles. The molecular formula is C12H20N4. The summed E-state index contributed by atoms with van der Waals surface area (Å²) in [5.41, 5.74) is 0. The normalized spacial score (nSPS) is 29.3. The summed E-state index contributed by atoms with van der Waals surface area (Å²) in [5, 5.41) is 8.14. The lowest BCUT2D eigenvalue weighted by Crippen LogP contribution is -2.24. The topological polar surface area (TPSA) is 42.7 Å². The molecule has 16 heavy (non-hydrogen) atoms. The average Bonchev–Trinajstić information content (AvgIpc) is 2.88. The summed E-state index contributed by atoms with van der Waals surface area (Å²) in [6.07, 6.45) is 6.10. The van der Waals surface area contributed by atoms with Crippen LogP contribution in [0.15, 0.2) is 0 Å². The number of nitrogens with zero attached hydrogens (tertiary/aromatic N) is 3. The lowest BCUT2D eigenvalue weighted by atomic mass is 10.0. The summed E-state index contributed by atoms with van der Waals surface area (Å²) in [6.45, 7) is 4.48. The van der Waals surface area contributed by atoms with Crippen molar-refractivity contribution in [1.29, 1.82) is 0 Å². The Bertz CT molecular complexity index is 365. The van der Waals surface area contributed by atoms with E-state index in [2.05, 4.69) is 22.0 Å². The van der Waals surface area contributed by atoms with Crippen LogP contribution >= 0.6 is 0 Å². The van der Waals surface area contributed by atoms with Gasteiger partial charge in [-0.25, -0.2) is 9.67 Å². The second-order valence-corrected chi connectivity index (χ2v) is 5.15. The summed E-state index contributed by atoms with van der Waals surface area (Å²) in [4.78, 5) is 4.71. The van der Waals surface area contributed by atoms with Crippen LogP contribution in [-0.2, 0) is 13.0 Å². The van der Waals surface area contributed by atoms with Crippen molar-refractivity contribution in [3.8, 4) is 0 Å². The zero-order chi connectivity index (χ0) is 11.0. The van der Waals surface area contributed by atoms with Crippen LogP contribution in [0.25, 0.3) is 0 Å². The minimum atomic E-state index is 0.589. The van der Waals surface area contributed by atoms with Gasteiger partial charge in [0.1, 0.15) is 5.82 Å². The molecule has 0 saturated carbocycles. The third-order valence-corrected chi connectivity index (χ3v) is 3.78. The van der Waals surface area contributed by atoms with E-state index in [0.717, 1.165) is 25.3 Å². The van der Waals surface area contributed by atoms with Crippen molar-refractivity contribution in [2.45, 2.75) is 57.5 Å². The summed E-state index contributed by atoms with van der Waals surface area (Å²) in [5.74, 6) is 2.84. The molecule has 0 amide bonds. The third kappa shape index (κ3) is 1.86. The Balaban J connectivity index is 1.75. The van der Waals surface area contributed by atoms with E-state index in [1.807, 2.05) is 0 Å². The maximum Gasteiger partial charge on any atom is 0.152 e. The summed E-state index contributed by atoms with van der Waals surface area (Å²) in [6, 6.07) is 0.611. The Morgan fingerprint density at radius 1 is 1.38 bits per heavy atom. The number of hydrogen-bond acceptors (Lipinski definition) is 3. The molecule has 2 aliphatic rings. The number of fused-ring (bicyclic) bond motifs is 1. The zero-order valence-electron chi connectivity index (χ0n) is 9.95. The fourth-order valence-electron chi connectivity index (χ4n) is 2.85. The molecule has 1 saturated heterocycles. The Hall–Kier alpha value is -0.900. The number of rotatable bonds is 2. The molecule has 3 rings (SSSR count). The molecule has 1 aromatic rings. The van der Waals surface area contributed by atoms with Gasteiger partial charge in [0.2, 0.25) is 0 Å². The second-order valence-electron chi connectivity index (χ2n) is 5.15. The molecule has 4 nitrogen and oxygen atoms in total. The van der Waals surface area contributed by atoms with Crippen molar-refractivity contribution in [2.75, 3.05) is 6.54 Å². The van der Waals surface area contributed by atoms with Gasteiger partial charge in [-0.3, -0.25) is 0 Å². The predicted octanol–water partition coefficient (Wildman–Crippen LogP) is 1.47. The highest BCUT2D eigenvalue weighted by molar-refractivity contribution is 5.03. The van der Waals surface area contributed by atoms with E-state index in [9.17, 15) is 0 Å². The highest BCUT2D eigenvalue weighted by Gasteiger charge is 2.22. The molecule has 0 bridgehead atoms. The van der Waals surface area contributed by atoms with Crippen LogP contribution in [-0.4, -0.2) is 27.4 Å². The van der Waals surface area contributed by atoms with Gasteiger partial charge in [0.15, 0.2) is 5.82 Å². The molecule has 0 aromatic carbocycles. The number of aromatic nitrogens is 3. The monoisotopic (exact) mass is 220 g/mol. The Labute approximate surface area is 96.4 Å². The molecule has 0 aliphatic carbocycles. The first kappa shape index (κ1) is 10.3. The first-order valence-corrected chi connectivity index (χ1v) is 6.50. The summed E-state index contributed by atoms with van der Waals surface area (Å²) < 4.78 is 2.12. The van der Waals surface area contributed by atoms with Crippen LogP contribution in [0.5, 0.6) is 0 Å². The van der Waals surface area contributed by atoms with Crippen molar-refractivity contribution in [3.63, 3.8) is 0 Å². The maximum atomic E-state index is 4.71. The molecule has 88 valence electrons. The molecule has 1 fully saturated rings. The largest absolute Gasteiger partial charge is 0.314 e. The molecule has 1 N–H and O–H groups in total. The lowest BCUT2D eigenvalue weighted by molar-refractivity contribution is 0.431. The van der Waals surface area contributed by atoms with Gasteiger partial charge in [0, 0.05) is 24.9 Å². The van der Waals surface area contributed by atoms with Crippen LogP contribution in [0.1, 0.15) is 50.2 Å². The average molecular weight is 220 g/mol. The smallest absolute Gasteiger partial charge is 0.152 e. The highest BCUT2D eigenvalue weighted by atomic mass is 15.4. The lowest BCUT2D eigenvalue weighted by Gasteiger charge is -2.17. The van der Waals surface area contributed by atoms with E-state index < -0.39 is 0 Å². The summed E-state index contributed by atoms with van der Waals surface area (Å²) >= 11 is 0. The summed E-state index contributed by atoms with van der Waals surface area (Å²) in [7, 11) is 0. The van der Waals surface area contributed by atoms with Crippen LogP contribution < -0.4 is 5.32 Å². The van der Waals surface area contributed by atoms with Gasteiger partial charge in [0.25, 0.3) is 0 Å². The molecule has 3 heterocycles. The van der Waals surface area contributed by atoms with Gasteiger partial charge in [0.05, 0.1) is 0 Å². The minimum Gasteiger partial charge on any atom is -0.314 e. The minimum absolute atomic E-state index is 0.589. The molecule has 2 aliphatic heterocycles. The van der Waals surface area contributed by atoms with E-state index >= 15 is 0 Å². The molecule has 0 spiro atoms. The van der Waals surface area contributed by atoms with Crippen LogP contribution in [0.3, 0.4) is 0 Å². The van der Waals surface area contributed by atoms with E-state index in [4.69, 9.17) is 4.98 Å². The van der Waals surface area contributed by atoms with Crippen molar-refractivity contribution in [2.24, 2.45) is 0 Å². The fourth-order valence-corrected chi connectivity index (χ4v) is 2.85. The SMILES string of the molecule is CC1CCCn2nc(CC3CCCN3)nc21. The van der Waals surface area contributed by atoms with Crippen molar-refractivity contribution in [3.05, 3.63) is 11.6 Å². The number of aryl methyl sites for hydroxylation is 1. The van der Waals surface area contributed by atoms with Crippen molar-refractivity contribution < 1.29 is 0 Å². The Morgan fingerprint density at radius 3 is 3.06 bits per heavy atom. The van der Waals surface area contributed by atoms with E-state index in [1.54, 1.807) is 0 Å². The van der Waals surface area contributed by atoms with Crippen LogP contribution in [0.2, 0.25) is 0 Å². The second kappa shape index (κ2) is 4.17. The van der Waals surface area contributed by atoms with Crippen LogP contribution in [0, 0.1) is 0 Å². The first-order valence-electron chi connectivity index (χ1n) is 6.50. The van der Waals surface area contributed by atoms with Crippen LogP contribution in [0.4, 0.5) is 0 Å². The predicted molar refractivity (Wildman–Crippen MR) is 62.4 cm³/mol. The number of hydrogen-bond donors (Lipinski definition) is 1. The van der Waals surface area contributed by atoms with Gasteiger partial charge in [-0.15, -0.1) is 0 Å². The molecule has 2 unspecified atom stereocenters. The fraction of sp³-hybridized carbons (Fsp3) is 0.833. The molecule has 0 radical (unpaired) electrons. The molecule has 4 heteroatoms. The first-order chi connectivity index (χ1) is 7.83. The zero-order valence-corrected chi connectivity index (χ0v) is 9.95. The highest BCUT2D eigenvalue weighted by Crippen LogP contribution is 2.24. The molecule has 2 atom stereocenters. The van der Waals surface area contributed by atoms with E-state index in [1.165, 1.54) is 31.5 Å². The molecular weight excluding hydrogens is 200 g/mol.